The summed E-state index contributed by atoms with van der Waals surface area (Å²) in [4.78, 5) is 0.135. The van der Waals surface area contributed by atoms with E-state index in [1.807, 2.05) is 6.92 Å². The van der Waals surface area contributed by atoms with E-state index in [1.54, 1.807) is 12.1 Å². The number of hydrogen-bond donors (Lipinski definition) is 1. The summed E-state index contributed by atoms with van der Waals surface area (Å²) in [5.41, 5.74) is 1.79. The van der Waals surface area contributed by atoms with Crippen molar-refractivity contribution in [3.63, 3.8) is 0 Å². The smallest absolute Gasteiger partial charge is 0.262 e. The number of sulfonamides is 1. The van der Waals surface area contributed by atoms with Crippen LogP contribution in [0.4, 0.5) is 10.1 Å². The van der Waals surface area contributed by atoms with Gasteiger partial charge in [-0.2, -0.15) is 0 Å². The fourth-order valence-electron chi connectivity index (χ4n) is 1.95. The van der Waals surface area contributed by atoms with Crippen LogP contribution in [0.3, 0.4) is 0 Å². The highest BCUT2D eigenvalue weighted by molar-refractivity contribution is 7.92. The SMILES string of the molecule is C#CCc1cc(C)ccc1S(=O)(=O)Nc1ccc(F)cc1. The second kappa shape index (κ2) is 5.98. The molecule has 0 aliphatic carbocycles. The summed E-state index contributed by atoms with van der Waals surface area (Å²) in [7, 11) is -3.76. The lowest BCUT2D eigenvalue weighted by Gasteiger charge is -2.12. The van der Waals surface area contributed by atoms with Gasteiger partial charge < -0.3 is 0 Å². The fourth-order valence-corrected chi connectivity index (χ4v) is 3.23. The third-order valence-corrected chi connectivity index (χ3v) is 4.38. The Balaban J connectivity index is 2.40. The minimum atomic E-state index is -3.76. The number of nitrogens with one attached hydrogen (secondary N) is 1. The van der Waals surface area contributed by atoms with Gasteiger partial charge >= 0.3 is 0 Å². The van der Waals surface area contributed by atoms with E-state index in [9.17, 15) is 12.8 Å². The average molecular weight is 303 g/mol. The molecular formula is C16H14FNO2S. The van der Waals surface area contributed by atoms with E-state index in [-0.39, 0.29) is 11.3 Å². The van der Waals surface area contributed by atoms with E-state index in [1.165, 1.54) is 30.3 Å². The summed E-state index contributed by atoms with van der Waals surface area (Å²) in [5.74, 6) is 2.02. The van der Waals surface area contributed by atoms with Crippen molar-refractivity contribution in [2.75, 3.05) is 4.72 Å². The van der Waals surface area contributed by atoms with Gasteiger partial charge in [0.05, 0.1) is 4.90 Å². The van der Waals surface area contributed by atoms with E-state index in [0.29, 0.717) is 11.3 Å². The molecule has 0 saturated carbocycles. The quantitative estimate of drug-likeness (QED) is 0.882. The van der Waals surface area contributed by atoms with Gasteiger partial charge in [0, 0.05) is 12.1 Å². The minimum Gasteiger partial charge on any atom is -0.280 e. The second-order valence-electron chi connectivity index (χ2n) is 4.60. The third-order valence-electron chi connectivity index (χ3n) is 2.89. The molecule has 0 aromatic heterocycles. The molecular weight excluding hydrogens is 289 g/mol. The maximum atomic E-state index is 12.9. The molecule has 0 atom stereocenters. The van der Waals surface area contributed by atoms with E-state index in [4.69, 9.17) is 6.42 Å². The van der Waals surface area contributed by atoms with Crippen molar-refractivity contribution in [1.29, 1.82) is 0 Å². The third kappa shape index (κ3) is 3.61. The van der Waals surface area contributed by atoms with Crippen LogP contribution < -0.4 is 4.72 Å². The van der Waals surface area contributed by atoms with Crippen molar-refractivity contribution in [3.05, 3.63) is 59.4 Å². The van der Waals surface area contributed by atoms with Gasteiger partial charge in [0.2, 0.25) is 0 Å². The first kappa shape index (κ1) is 15.1. The van der Waals surface area contributed by atoms with Crippen LogP contribution >= 0.6 is 0 Å². The maximum Gasteiger partial charge on any atom is 0.262 e. The van der Waals surface area contributed by atoms with Crippen LogP contribution in [-0.2, 0) is 16.4 Å². The number of halogens is 1. The Morgan fingerprint density at radius 1 is 1.19 bits per heavy atom. The molecule has 0 aliphatic rings. The normalized spacial score (nSPS) is 10.9. The number of anilines is 1. The van der Waals surface area contributed by atoms with Gasteiger partial charge in [-0.15, -0.1) is 12.3 Å². The Hall–Kier alpha value is -2.32. The number of benzene rings is 2. The largest absolute Gasteiger partial charge is 0.280 e. The first-order valence-corrected chi connectivity index (χ1v) is 7.72. The molecule has 0 fully saturated rings. The molecule has 21 heavy (non-hydrogen) atoms. The van der Waals surface area contributed by atoms with Gasteiger partial charge in [-0.1, -0.05) is 17.7 Å². The van der Waals surface area contributed by atoms with Crippen molar-refractivity contribution in [2.45, 2.75) is 18.2 Å². The van der Waals surface area contributed by atoms with Crippen LogP contribution in [0, 0.1) is 25.1 Å². The van der Waals surface area contributed by atoms with Gasteiger partial charge in [-0.05, 0) is 42.8 Å². The lowest BCUT2D eigenvalue weighted by Crippen LogP contribution is -2.15. The molecule has 0 bridgehead atoms. The number of terminal acetylenes is 1. The molecule has 108 valence electrons. The van der Waals surface area contributed by atoms with Crippen molar-refractivity contribution in [3.8, 4) is 12.3 Å². The van der Waals surface area contributed by atoms with Gasteiger partial charge in [0.25, 0.3) is 10.0 Å². The van der Waals surface area contributed by atoms with Crippen molar-refractivity contribution in [2.24, 2.45) is 0 Å². The summed E-state index contributed by atoms with van der Waals surface area (Å²) >= 11 is 0. The van der Waals surface area contributed by atoms with Crippen LogP contribution in [0.2, 0.25) is 0 Å². The molecule has 0 spiro atoms. The molecule has 3 nitrogen and oxygen atoms in total. The van der Waals surface area contributed by atoms with Gasteiger partial charge in [0.15, 0.2) is 0 Å². The number of rotatable bonds is 4. The summed E-state index contributed by atoms with van der Waals surface area (Å²) < 4.78 is 40.1. The minimum absolute atomic E-state index is 0.135. The van der Waals surface area contributed by atoms with E-state index in [2.05, 4.69) is 10.6 Å². The Bertz CT molecular complexity index is 790. The monoisotopic (exact) mass is 303 g/mol. The highest BCUT2D eigenvalue weighted by Gasteiger charge is 2.18. The second-order valence-corrected chi connectivity index (χ2v) is 6.26. The van der Waals surface area contributed by atoms with Crippen molar-refractivity contribution >= 4 is 15.7 Å². The maximum absolute atomic E-state index is 12.9. The van der Waals surface area contributed by atoms with E-state index < -0.39 is 15.8 Å². The van der Waals surface area contributed by atoms with Crippen LogP contribution in [0.15, 0.2) is 47.4 Å². The molecule has 2 aromatic rings. The standard InChI is InChI=1S/C16H14FNO2S/c1-3-4-13-11-12(2)5-10-16(13)21(19,20)18-15-8-6-14(17)7-9-15/h1,5-11,18H,4H2,2H3. The first-order valence-electron chi connectivity index (χ1n) is 6.24. The molecule has 5 heteroatoms. The predicted octanol–water partition coefficient (Wildman–Crippen LogP) is 3.11. The van der Waals surface area contributed by atoms with Crippen molar-refractivity contribution in [1.82, 2.24) is 0 Å². The zero-order chi connectivity index (χ0) is 15.5. The summed E-state index contributed by atoms with van der Waals surface area (Å²) in [5, 5.41) is 0. The number of hydrogen-bond acceptors (Lipinski definition) is 2. The molecule has 0 radical (unpaired) electrons. The van der Waals surface area contributed by atoms with Crippen LogP contribution in [-0.4, -0.2) is 8.42 Å². The zero-order valence-corrected chi connectivity index (χ0v) is 12.2. The van der Waals surface area contributed by atoms with Gasteiger partial charge in [-0.3, -0.25) is 4.72 Å². The molecule has 0 unspecified atom stereocenters. The molecule has 0 saturated heterocycles. The Labute approximate surface area is 123 Å². The zero-order valence-electron chi connectivity index (χ0n) is 11.4. The van der Waals surface area contributed by atoms with Crippen molar-refractivity contribution < 1.29 is 12.8 Å². The Kier molecular flexibility index (Phi) is 4.29. The molecule has 0 heterocycles. The Morgan fingerprint density at radius 3 is 2.48 bits per heavy atom. The molecule has 2 rings (SSSR count). The lowest BCUT2D eigenvalue weighted by atomic mass is 10.1. The van der Waals surface area contributed by atoms with Crippen LogP contribution in [0.25, 0.3) is 0 Å². The predicted molar refractivity (Wildman–Crippen MR) is 80.9 cm³/mol. The van der Waals surface area contributed by atoms with E-state index in [0.717, 1.165) is 5.56 Å². The lowest BCUT2D eigenvalue weighted by molar-refractivity contribution is 0.600. The van der Waals surface area contributed by atoms with Gasteiger partial charge in [-0.25, -0.2) is 12.8 Å². The first-order chi connectivity index (χ1) is 9.92. The summed E-state index contributed by atoms with van der Waals surface area (Å²) in [6.45, 7) is 1.86. The highest BCUT2D eigenvalue weighted by Crippen LogP contribution is 2.21. The molecule has 2 aromatic carbocycles. The number of aryl methyl sites for hydroxylation is 1. The molecule has 0 aliphatic heterocycles. The van der Waals surface area contributed by atoms with E-state index >= 15 is 0 Å². The molecule has 0 amide bonds. The fraction of sp³-hybridized carbons (Fsp3) is 0.125. The molecule has 1 N–H and O–H groups in total. The van der Waals surface area contributed by atoms with Gasteiger partial charge in [0.1, 0.15) is 5.82 Å². The Morgan fingerprint density at radius 2 is 1.86 bits per heavy atom. The van der Waals surface area contributed by atoms with Crippen LogP contribution in [0.1, 0.15) is 11.1 Å². The highest BCUT2D eigenvalue weighted by atomic mass is 32.2. The topological polar surface area (TPSA) is 46.2 Å². The average Bonchev–Trinajstić information content (AvgIpc) is 2.41. The summed E-state index contributed by atoms with van der Waals surface area (Å²) in [6.07, 6.45) is 5.51. The summed E-state index contributed by atoms with van der Waals surface area (Å²) in [6, 6.07) is 10.1. The van der Waals surface area contributed by atoms with Crippen LogP contribution in [0.5, 0.6) is 0 Å².